The number of likely N-dealkylation sites (tertiary alicyclic amines) is 1. The number of ether oxygens (including phenoxy) is 1. The van der Waals surface area contributed by atoms with E-state index in [4.69, 9.17) is 4.74 Å². The zero-order chi connectivity index (χ0) is 16.4. The molecule has 2 heterocycles. The van der Waals surface area contributed by atoms with E-state index in [0.29, 0.717) is 11.9 Å². The smallest absolute Gasteiger partial charge is 0.250 e. The summed E-state index contributed by atoms with van der Waals surface area (Å²) in [6.45, 7) is 2.33. The zero-order valence-corrected chi connectivity index (χ0v) is 14.6. The van der Waals surface area contributed by atoms with Gasteiger partial charge in [-0.2, -0.15) is 5.10 Å². The minimum atomic E-state index is -0.0445. The Balaban J connectivity index is 1.30. The van der Waals surface area contributed by atoms with Gasteiger partial charge in [0.1, 0.15) is 16.9 Å². The molecule has 1 amide bonds. The van der Waals surface area contributed by atoms with Gasteiger partial charge < -0.3 is 9.64 Å². The molecular formula is C18H23N3O2S. The standard InChI is InChI=1S/C18H23N3O2S/c22-17-12-24-18(20-19-17)13-4-6-15(7-5-13)23-16-8-10-21(11-9-16)14-2-1-3-14/h4-7,14,16H,1-3,8-12H2,(H,19,22). The summed E-state index contributed by atoms with van der Waals surface area (Å²) < 4.78 is 6.15. The molecule has 1 saturated heterocycles. The lowest BCUT2D eigenvalue weighted by atomic mass is 9.90. The third-order valence-electron chi connectivity index (χ3n) is 5.09. The highest BCUT2D eigenvalue weighted by atomic mass is 32.2. The number of hydrazone groups is 1. The molecule has 2 fully saturated rings. The number of hydrogen-bond donors (Lipinski definition) is 1. The van der Waals surface area contributed by atoms with Crippen molar-refractivity contribution in [3.63, 3.8) is 0 Å². The van der Waals surface area contributed by atoms with Crippen LogP contribution in [0.25, 0.3) is 0 Å². The Kier molecular flexibility index (Phi) is 4.76. The van der Waals surface area contributed by atoms with Gasteiger partial charge in [0, 0.05) is 24.7 Å². The normalized spacial score (nSPS) is 23.3. The van der Waals surface area contributed by atoms with E-state index in [9.17, 15) is 4.79 Å². The van der Waals surface area contributed by atoms with Crippen LogP contribution in [-0.4, -0.2) is 46.8 Å². The molecule has 4 rings (SSSR count). The number of rotatable bonds is 4. The van der Waals surface area contributed by atoms with Crippen LogP contribution in [0.1, 0.15) is 37.7 Å². The Hall–Kier alpha value is -1.53. The molecule has 128 valence electrons. The Morgan fingerprint density at radius 1 is 1.12 bits per heavy atom. The van der Waals surface area contributed by atoms with E-state index in [2.05, 4.69) is 15.4 Å². The van der Waals surface area contributed by atoms with E-state index in [1.54, 1.807) is 0 Å². The molecule has 6 heteroatoms. The molecule has 0 aromatic heterocycles. The Labute approximate surface area is 146 Å². The van der Waals surface area contributed by atoms with E-state index in [1.165, 1.54) is 44.1 Å². The first kappa shape index (κ1) is 16.0. The Morgan fingerprint density at radius 2 is 1.88 bits per heavy atom. The van der Waals surface area contributed by atoms with Crippen LogP contribution in [0.4, 0.5) is 0 Å². The quantitative estimate of drug-likeness (QED) is 0.911. The number of thioether (sulfide) groups is 1. The highest BCUT2D eigenvalue weighted by Crippen LogP contribution is 2.28. The largest absolute Gasteiger partial charge is 0.490 e. The summed E-state index contributed by atoms with van der Waals surface area (Å²) in [5, 5.41) is 4.95. The minimum Gasteiger partial charge on any atom is -0.490 e. The molecule has 1 aromatic carbocycles. The van der Waals surface area contributed by atoms with Gasteiger partial charge in [-0.1, -0.05) is 18.2 Å². The van der Waals surface area contributed by atoms with Gasteiger partial charge in [-0.25, -0.2) is 5.43 Å². The summed E-state index contributed by atoms with van der Waals surface area (Å²) in [6.07, 6.45) is 6.73. The van der Waals surface area contributed by atoms with Crippen molar-refractivity contribution in [3.8, 4) is 5.75 Å². The van der Waals surface area contributed by atoms with E-state index >= 15 is 0 Å². The molecule has 0 spiro atoms. The third kappa shape index (κ3) is 3.59. The van der Waals surface area contributed by atoms with Crippen molar-refractivity contribution in [2.45, 2.75) is 44.2 Å². The Bertz CT molecular complexity index is 620. The second-order valence-corrected chi connectivity index (χ2v) is 7.67. The van der Waals surface area contributed by atoms with Crippen molar-refractivity contribution in [3.05, 3.63) is 29.8 Å². The second-order valence-electron chi connectivity index (χ2n) is 6.70. The molecular weight excluding hydrogens is 322 g/mol. The molecule has 1 saturated carbocycles. The lowest BCUT2D eigenvalue weighted by molar-refractivity contribution is -0.118. The maximum absolute atomic E-state index is 11.1. The van der Waals surface area contributed by atoms with Gasteiger partial charge in [-0.15, -0.1) is 0 Å². The predicted molar refractivity (Wildman–Crippen MR) is 96.4 cm³/mol. The van der Waals surface area contributed by atoms with E-state index < -0.39 is 0 Å². The molecule has 2 aliphatic heterocycles. The fourth-order valence-corrected chi connectivity index (χ4v) is 4.18. The molecule has 5 nitrogen and oxygen atoms in total. The molecule has 24 heavy (non-hydrogen) atoms. The van der Waals surface area contributed by atoms with Gasteiger partial charge in [0.2, 0.25) is 0 Å². The second kappa shape index (κ2) is 7.15. The summed E-state index contributed by atoms with van der Waals surface area (Å²) in [5.74, 6) is 1.31. The molecule has 0 unspecified atom stereocenters. The van der Waals surface area contributed by atoms with Crippen molar-refractivity contribution in [1.82, 2.24) is 10.3 Å². The first-order valence-corrected chi connectivity index (χ1v) is 9.77. The number of nitrogens with one attached hydrogen (secondary N) is 1. The van der Waals surface area contributed by atoms with Crippen molar-refractivity contribution in [2.75, 3.05) is 18.8 Å². The first-order valence-electron chi connectivity index (χ1n) is 8.78. The fraction of sp³-hybridized carbons (Fsp3) is 0.556. The average molecular weight is 345 g/mol. The highest BCUT2D eigenvalue weighted by molar-refractivity contribution is 8.15. The highest BCUT2D eigenvalue weighted by Gasteiger charge is 2.29. The zero-order valence-electron chi connectivity index (χ0n) is 13.7. The topological polar surface area (TPSA) is 53.9 Å². The maximum atomic E-state index is 11.1. The van der Waals surface area contributed by atoms with Gasteiger partial charge in [-0.05, 0) is 49.9 Å². The third-order valence-corrected chi connectivity index (χ3v) is 6.10. The summed E-state index contributed by atoms with van der Waals surface area (Å²) in [7, 11) is 0. The van der Waals surface area contributed by atoms with Gasteiger partial charge >= 0.3 is 0 Å². The van der Waals surface area contributed by atoms with Crippen molar-refractivity contribution >= 4 is 22.7 Å². The summed E-state index contributed by atoms with van der Waals surface area (Å²) in [4.78, 5) is 13.8. The van der Waals surface area contributed by atoms with Crippen LogP contribution in [0.5, 0.6) is 5.75 Å². The van der Waals surface area contributed by atoms with Crippen LogP contribution in [0.15, 0.2) is 29.4 Å². The summed E-state index contributed by atoms with van der Waals surface area (Å²) in [5.41, 5.74) is 3.55. The Morgan fingerprint density at radius 3 is 2.46 bits per heavy atom. The van der Waals surface area contributed by atoms with E-state index in [0.717, 1.165) is 35.2 Å². The number of nitrogens with zero attached hydrogens (tertiary/aromatic N) is 2. The van der Waals surface area contributed by atoms with Crippen LogP contribution < -0.4 is 10.2 Å². The summed E-state index contributed by atoms with van der Waals surface area (Å²) >= 11 is 1.47. The molecule has 0 atom stereocenters. The van der Waals surface area contributed by atoms with Gasteiger partial charge in [-0.3, -0.25) is 4.79 Å². The first-order chi connectivity index (χ1) is 11.8. The lowest BCUT2D eigenvalue weighted by Gasteiger charge is -2.41. The van der Waals surface area contributed by atoms with Crippen LogP contribution in [-0.2, 0) is 4.79 Å². The maximum Gasteiger partial charge on any atom is 0.250 e. The van der Waals surface area contributed by atoms with Gasteiger partial charge in [0.25, 0.3) is 5.91 Å². The van der Waals surface area contributed by atoms with Gasteiger partial charge in [0.15, 0.2) is 0 Å². The van der Waals surface area contributed by atoms with Crippen LogP contribution in [0.3, 0.4) is 0 Å². The molecule has 1 N–H and O–H groups in total. The van der Waals surface area contributed by atoms with Crippen LogP contribution >= 0.6 is 11.8 Å². The lowest BCUT2D eigenvalue weighted by Crippen LogP contribution is -2.46. The van der Waals surface area contributed by atoms with E-state index in [-0.39, 0.29) is 5.91 Å². The summed E-state index contributed by atoms with van der Waals surface area (Å²) in [6, 6.07) is 8.89. The number of carbonyl (C=O) groups excluding carboxylic acids is 1. The molecule has 3 aliphatic rings. The SMILES string of the molecule is O=C1CSC(c2ccc(OC3CCN(C4CCC4)CC3)cc2)=NN1. The van der Waals surface area contributed by atoms with Crippen LogP contribution in [0, 0.1) is 0 Å². The monoisotopic (exact) mass is 345 g/mol. The number of amides is 1. The van der Waals surface area contributed by atoms with E-state index in [1.807, 2.05) is 24.3 Å². The number of piperidine rings is 1. The fourth-order valence-electron chi connectivity index (χ4n) is 3.44. The average Bonchev–Trinajstić information content (AvgIpc) is 2.57. The number of carbonyl (C=O) groups is 1. The number of benzene rings is 1. The van der Waals surface area contributed by atoms with Crippen molar-refractivity contribution < 1.29 is 9.53 Å². The van der Waals surface area contributed by atoms with Gasteiger partial charge in [0.05, 0.1) is 5.75 Å². The van der Waals surface area contributed by atoms with Crippen molar-refractivity contribution in [1.29, 1.82) is 0 Å². The molecule has 0 radical (unpaired) electrons. The number of hydrogen-bond acceptors (Lipinski definition) is 5. The van der Waals surface area contributed by atoms with Crippen molar-refractivity contribution in [2.24, 2.45) is 5.10 Å². The predicted octanol–water partition coefficient (Wildman–Crippen LogP) is 2.61. The minimum absolute atomic E-state index is 0.0445. The molecule has 0 bridgehead atoms. The van der Waals surface area contributed by atoms with Crippen LogP contribution in [0.2, 0.25) is 0 Å². The molecule has 1 aliphatic carbocycles. The molecule has 1 aromatic rings.